The fourth-order valence-electron chi connectivity index (χ4n) is 12.3. The molecule has 0 aromatic rings. The molecule has 0 aliphatic rings. The molecule has 0 spiro atoms. The molecule has 0 aliphatic heterocycles. The van der Waals surface area contributed by atoms with Crippen molar-refractivity contribution in [1.29, 1.82) is 0 Å². The molecule has 0 saturated carbocycles. The monoisotopic (exact) mass is 1450 g/mol. The largest absolute Gasteiger partial charge is 0.472 e. The van der Waals surface area contributed by atoms with E-state index in [4.69, 9.17) is 37.0 Å². The number of carbonyl (C=O) groups is 4. The minimum absolute atomic E-state index is 0.107. The summed E-state index contributed by atoms with van der Waals surface area (Å²) in [6.45, 7) is 12.0. The Balaban J connectivity index is 5.26. The lowest BCUT2D eigenvalue weighted by atomic mass is 10.0. The van der Waals surface area contributed by atoms with Crippen molar-refractivity contribution in [1.82, 2.24) is 0 Å². The first kappa shape index (κ1) is 97.1. The molecule has 0 saturated heterocycles. The molecule has 0 radical (unpaired) electrons. The smallest absolute Gasteiger partial charge is 0.462 e. The Morgan fingerprint density at radius 1 is 0.273 bits per heavy atom. The van der Waals surface area contributed by atoms with E-state index < -0.39 is 97.5 Å². The number of hydrogen-bond acceptors (Lipinski definition) is 15. The van der Waals surface area contributed by atoms with Gasteiger partial charge < -0.3 is 33.8 Å². The van der Waals surface area contributed by atoms with E-state index in [9.17, 15) is 43.2 Å². The highest BCUT2D eigenvalue weighted by atomic mass is 31.2. The van der Waals surface area contributed by atoms with Gasteiger partial charge in [-0.05, 0) is 43.4 Å². The van der Waals surface area contributed by atoms with Crippen LogP contribution in [-0.2, 0) is 65.4 Å². The molecule has 0 aromatic heterocycles. The van der Waals surface area contributed by atoms with Gasteiger partial charge in [0.1, 0.15) is 19.3 Å². The second-order valence-corrected chi connectivity index (χ2v) is 33.1. The number of unbranched alkanes of at least 4 members (excludes halogenated alkanes) is 46. The van der Waals surface area contributed by atoms with Gasteiger partial charge in [-0.2, -0.15) is 0 Å². The summed E-state index contributed by atoms with van der Waals surface area (Å²) in [5.41, 5.74) is 0. The van der Waals surface area contributed by atoms with Gasteiger partial charge in [-0.25, -0.2) is 9.13 Å². The summed E-state index contributed by atoms with van der Waals surface area (Å²) in [6, 6.07) is 0. The average molecular weight is 1450 g/mol. The van der Waals surface area contributed by atoms with Gasteiger partial charge in [0, 0.05) is 25.7 Å². The van der Waals surface area contributed by atoms with Gasteiger partial charge in [0.15, 0.2) is 12.2 Å². The predicted molar refractivity (Wildman–Crippen MR) is 405 cm³/mol. The summed E-state index contributed by atoms with van der Waals surface area (Å²) in [7, 11) is -9.92. The minimum atomic E-state index is -4.96. The average Bonchev–Trinajstić information content (AvgIpc) is 1.19. The Labute approximate surface area is 607 Å². The van der Waals surface area contributed by atoms with Gasteiger partial charge in [0.05, 0.1) is 26.4 Å². The number of phosphoric ester groups is 2. The first-order chi connectivity index (χ1) is 47.7. The summed E-state index contributed by atoms with van der Waals surface area (Å²) >= 11 is 0. The fraction of sp³-hybridized carbons (Fsp3) is 0.950. The van der Waals surface area contributed by atoms with E-state index in [-0.39, 0.29) is 25.7 Å². The van der Waals surface area contributed by atoms with Crippen LogP contribution in [-0.4, -0.2) is 96.7 Å². The molecule has 0 aromatic carbocycles. The minimum Gasteiger partial charge on any atom is -0.462 e. The van der Waals surface area contributed by atoms with Crippen molar-refractivity contribution < 1.29 is 80.2 Å². The van der Waals surface area contributed by atoms with Crippen molar-refractivity contribution in [2.75, 3.05) is 39.6 Å². The van der Waals surface area contributed by atoms with Crippen LogP contribution in [0, 0.1) is 17.8 Å². The Morgan fingerprint density at radius 2 is 0.465 bits per heavy atom. The maximum absolute atomic E-state index is 13.1. The van der Waals surface area contributed by atoms with Crippen molar-refractivity contribution in [2.45, 2.75) is 433 Å². The van der Waals surface area contributed by atoms with Crippen molar-refractivity contribution >= 4 is 39.5 Å². The van der Waals surface area contributed by atoms with Crippen LogP contribution in [0.4, 0.5) is 0 Å². The zero-order valence-electron chi connectivity index (χ0n) is 65.0. The number of esters is 4. The topological polar surface area (TPSA) is 237 Å². The summed E-state index contributed by atoms with van der Waals surface area (Å²) < 4.78 is 68.7. The molecular formula is C80H156O17P2. The molecule has 0 bridgehead atoms. The molecule has 0 heterocycles. The summed E-state index contributed by atoms with van der Waals surface area (Å²) in [5.74, 6) is 0.249. The van der Waals surface area contributed by atoms with Crippen LogP contribution in [0.25, 0.3) is 0 Å². The van der Waals surface area contributed by atoms with E-state index in [0.29, 0.717) is 25.7 Å². The van der Waals surface area contributed by atoms with E-state index in [1.54, 1.807) is 0 Å². The summed E-state index contributed by atoms with van der Waals surface area (Å²) in [5, 5.41) is 10.6. The molecule has 0 amide bonds. The fourth-order valence-corrected chi connectivity index (χ4v) is 13.9. The number of ether oxygens (including phenoxy) is 4. The van der Waals surface area contributed by atoms with Gasteiger partial charge >= 0.3 is 39.5 Å². The molecule has 19 heteroatoms. The van der Waals surface area contributed by atoms with Crippen LogP contribution >= 0.6 is 15.6 Å². The predicted octanol–water partition coefficient (Wildman–Crippen LogP) is 23.7. The highest BCUT2D eigenvalue weighted by Crippen LogP contribution is 2.45. The summed E-state index contributed by atoms with van der Waals surface area (Å²) in [6.07, 6.45) is 58.1. The molecule has 0 aliphatic carbocycles. The van der Waals surface area contributed by atoms with Gasteiger partial charge in [-0.1, -0.05) is 363 Å². The lowest BCUT2D eigenvalue weighted by molar-refractivity contribution is -0.161. The van der Waals surface area contributed by atoms with Crippen LogP contribution < -0.4 is 0 Å². The normalized spacial score (nSPS) is 14.0. The Kier molecular flexibility index (Phi) is 69.0. The number of aliphatic hydroxyl groups is 1. The van der Waals surface area contributed by atoms with Gasteiger partial charge in [0.2, 0.25) is 0 Å². The second kappa shape index (κ2) is 70.4. The molecular weight excluding hydrogens is 1290 g/mol. The third kappa shape index (κ3) is 74.1. The van der Waals surface area contributed by atoms with Crippen LogP contribution in [0.2, 0.25) is 0 Å². The maximum atomic E-state index is 13.1. The van der Waals surface area contributed by atoms with Gasteiger partial charge in [-0.15, -0.1) is 0 Å². The number of phosphoric acid groups is 2. The van der Waals surface area contributed by atoms with E-state index in [2.05, 4.69) is 48.5 Å². The zero-order valence-corrected chi connectivity index (χ0v) is 66.8. The SMILES string of the molecule is CCCCCCCCCCCCCC(=O)OC[C@H](COP(=O)(O)OC[C@H](O)COP(=O)(O)OC[C@@H](COC(=O)CCCCCCCCCCCCCCCC(C)C)OC(=O)CCCCCCCCCCCCCCCCCC(C)C)OC(=O)CCCCCCCCCCCCCC(C)C. The third-order valence-corrected chi connectivity index (χ3v) is 20.5. The van der Waals surface area contributed by atoms with Crippen LogP contribution in [0.1, 0.15) is 414 Å². The second-order valence-electron chi connectivity index (χ2n) is 30.2. The maximum Gasteiger partial charge on any atom is 0.472 e. The zero-order chi connectivity index (χ0) is 73.0. The first-order valence-corrected chi connectivity index (χ1v) is 44.3. The number of aliphatic hydroxyl groups excluding tert-OH is 1. The van der Waals surface area contributed by atoms with Gasteiger partial charge in [-0.3, -0.25) is 37.3 Å². The molecule has 2 unspecified atom stereocenters. The number of carbonyl (C=O) groups excluding carboxylic acids is 4. The third-order valence-electron chi connectivity index (χ3n) is 18.6. The molecule has 3 N–H and O–H groups in total. The van der Waals surface area contributed by atoms with E-state index in [0.717, 1.165) is 108 Å². The van der Waals surface area contributed by atoms with Crippen molar-refractivity contribution in [3.8, 4) is 0 Å². The molecule has 17 nitrogen and oxygen atoms in total. The van der Waals surface area contributed by atoms with Crippen molar-refractivity contribution in [3.63, 3.8) is 0 Å². The lowest BCUT2D eigenvalue weighted by Gasteiger charge is -2.21. The lowest BCUT2D eigenvalue weighted by Crippen LogP contribution is -2.30. The first-order valence-electron chi connectivity index (χ1n) is 41.3. The standard InChI is InChI=1S/C80H156O17P2/c1-8-9-10-11-12-13-23-33-40-47-54-61-77(82)90-67-75(97-80(85)64-57-50-43-36-29-22-26-32-39-46-53-60-73(6)7)69-94-98(86,87)92-65-74(81)66-93-99(88,89)95-70-76(68-91-78(83)62-55-48-41-34-27-21-17-19-25-31-38-45-52-59-72(4)5)96-79(84)63-56-49-42-35-28-20-16-14-15-18-24-30-37-44-51-58-71(2)3/h71-76,81H,8-70H2,1-7H3,(H,86,87)(H,88,89)/t74-,75+,76+/m0/s1. The molecule has 0 rings (SSSR count). The molecule has 0 fully saturated rings. The molecule has 5 atom stereocenters. The summed E-state index contributed by atoms with van der Waals surface area (Å²) in [4.78, 5) is 73.0. The van der Waals surface area contributed by atoms with Gasteiger partial charge in [0.25, 0.3) is 0 Å². The van der Waals surface area contributed by atoms with Crippen LogP contribution in [0.5, 0.6) is 0 Å². The van der Waals surface area contributed by atoms with Crippen LogP contribution in [0.15, 0.2) is 0 Å². The quantitative estimate of drug-likeness (QED) is 0.0222. The molecule has 99 heavy (non-hydrogen) atoms. The Bertz CT molecular complexity index is 1920. The highest BCUT2D eigenvalue weighted by Gasteiger charge is 2.30. The van der Waals surface area contributed by atoms with Crippen molar-refractivity contribution in [2.24, 2.45) is 17.8 Å². The van der Waals surface area contributed by atoms with Crippen LogP contribution in [0.3, 0.4) is 0 Å². The highest BCUT2D eigenvalue weighted by molar-refractivity contribution is 7.47. The van der Waals surface area contributed by atoms with E-state index in [1.165, 1.54) is 225 Å². The van der Waals surface area contributed by atoms with E-state index >= 15 is 0 Å². The number of rotatable bonds is 78. The van der Waals surface area contributed by atoms with E-state index in [1.807, 2.05) is 0 Å². The van der Waals surface area contributed by atoms with Crippen molar-refractivity contribution in [3.05, 3.63) is 0 Å². The molecule has 588 valence electrons. The Hall–Kier alpha value is -1.94. The Morgan fingerprint density at radius 3 is 0.687 bits per heavy atom. The number of hydrogen-bond donors (Lipinski definition) is 3.